The molecule has 0 aliphatic carbocycles. The topological polar surface area (TPSA) is 99.3 Å². The van der Waals surface area contributed by atoms with Crippen molar-refractivity contribution < 1.29 is 14.5 Å². The van der Waals surface area contributed by atoms with Crippen molar-refractivity contribution in [2.45, 2.75) is 27.3 Å². The van der Waals surface area contributed by atoms with E-state index in [1.807, 2.05) is 0 Å². The lowest BCUT2D eigenvalue weighted by Crippen LogP contribution is -2.34. The Hall–Kier alpha value is -1.96. The molecule has 1 rings (SSSR count). The number of carbonyl (C=O) groups excluding carboxylic acids is 1. The van der Waals surface area contributed by atoms with Crippen molar-refractivity contribution in [3.05, 3.63) is 21.5 Å². The SMILES string of the molecule is COCCNC(=O)C(C)Cn1nc(C)c([N+](=O)[O-])c1C. The Morgan fingerprint density at radius 3 is 2.70 bits per heavy atom. The lowest BCUT2D eigenvalue weighted by Gasteiger charge is -2.12. The van der Waals surface area contributed by atoms with Gasteiger partial charge in [-0.05, 0) is 13.8 Å². The maximum Gasteiger partial charge on any atom is 0.312 e. The zero-order chi connectivity index (χ0) is 15.3. The molecule has 0 aromatic carbocycles. The Labute approximate surface area is 117 Å². The van der Waals surface area contributed by atoms with Crippen LogP contribution in [0.4, 0.5) is 5.69 Å². The second-order valence-electron chi connectivity index (χ2n) is 4.64. The Bertz CT molecular complexity index is 498. The number of aryl methyl sites for hydroxylation is 1. The van der Waals surface area contributed by atoms with Gasteiger partial charge in [-0.3, -0.25) is 19.6 Å². The van der Waals surface area contributed by atoms with Crippen LogP contribution in [-0.4, -0.2) is 40.9 Å². The van der Waals surface area contributed by atoms with Gasteiger partial charge in [-0.1, -0.05) is 6.92 Å². The van der Waals surface area contributed by atoms with Gasteiger partial charge in [0.1, 0.15) is 11.4 Å². The predicted molar refractivity (Wildman–Crippen MR) is 72.4 cm³/mol. The van der Waals surface area contributed by atoms with Crippen molar-refractivity contribution >= 4 is 11.6 Å². The number of nitrogens with zero attached hydrogens (tertiary/aromatic N) is 3. The maximum absolute atomic E-state index is 11.8. The zero-order valence-corrected chi connectivity index (χ0v) is 12.2. The van der Waals surface area contributed by atoms with Crippen LogP contribution < -0.4 is 5.32 Å². The summed E-state index contributed by atoms with van der Waals surface area (Å²) in [5.41, 5.74) is 0.834. The highest BCUT2D eigenvalue weighted by Gasteiger charge is 2.23. The summed E-state index contributed by atoms with van der Waals surface area (Å²) in [5, 5.41) is 17.8. The third-order valence-corrected chi connectivity index (χ3v) is 3.03. The molecule has 0 saturated carbocycles. The Morgan fingerprint density at radius 1 is 1.55 bits per heavy atom. The van der Waals surface area contributed by atoms with E-state index in [0.29, 0.717) is 31.1 Å². The monoisotopic (exact) mass is 284 g/mol. The number of carbonyl (C=O) groups is 1. The molecule has 1 unspecified atom stereocenters. The summed E-state index contributed by atoms with van der Waals surface area (Å²) in [5.74, 6) is -0.457. The molecule has 1 amide bonds. The average Bonchev–Trinajstić information content (AvgIpc) is 2.64. The van der Waals surface area contributed by atoms with E-state index in [1.54, 1.807) is 27.9 Å². The summed E-state index contributed by atoms with van der Waals surface area (Å²) in [4.78, 5) is 22.3. The number of hydrogen-bond donors (Lipinski definition) is 1. The van der Waals surface area contributed by atoms with Crippen LogP contribution in [-0.2, 0) is 16.1 Å². The molecule has 0 radical (unpaired) electrons. The first-order valence-corrected chi connectivity index (χ1v) is 6.33. The molecule has 1 atom stereocenters. The average molecular weight is 284 g/mol. The first kappa shape index (κ1) is 16.1. The lowest BCUT2D eigenvalue weighted by molar-refractivity contribution is -0.386. The minimum absolute atomic E-state index is 0.0111. The summed E-state index contributed by atoms with van der Waals surface area (Å²) in [6.07, 6.45) is 0. The third kappa shape index (κ3) is 3.77. The maximum atomic E-state index is 11.8. The second kappa shape index (κ2) is 6.99. The van der Waals surface area contributed by atoms with Gasteiger partial charge in [0.25, 0.3) is 0 Å². The van der Waals surface area contributed by atoms with Gasteiger partial charge >= 0.3 is 5.69 Å². The summed E-state index contributed by atoms with van der Waals surface area (Å²) < 4.78 is 6.36. The largest absolute Gasteiger partial charge is 0.383 e. The van der Waals surface area contributed by atoms with E-state index in [0.717, 1.165) is 0 Å². The highest BCUT2D eigenvalue weighted by molar-refractivity contribution is 5.78. The highest BCUT2D eigenvalue weighted by Crippen LogP contribution is 2.22. The lowest BCUT2D eigenvalue weighted by atomic mass is 10.1. The summed E-state index contributed by atoms with van der Waals surface area (Å²) in [6.45, 7) is 6.17. The van der Waals surface area contributed by atoms with Crippen molar-refractivity contribution in [1.82, 2.24) is 15.1 Å². The smallest absolute Gasteiger partial charge is 0.312 e. The number of hydrogen-bond acceptors (Lipinski definition) is 5. The molecule has 0 spiro atoms. The van der Waals surface area contributed by atoms with Crippen LogP contribution in [0.25, 0.3) is 0 Å². The van der Waals surface area contributed by atoms with Gasteiger partial charge in [0, 0.05) is 13.7 Å². The number of ether oxygens (including phenoxy) is 1. The van der Waals surface area contributed by atoms with E-state index in [-0.39, 0.29) is 17.5 Å². The first-order valence-electron chi connectivity index (χ1n) is 6.33. The molecular formula is C12H20N4O4. The van der Waals surface area contributed by atoms with E-state index < -0.39 is 4.92 Å². The number of nitrogens with one attached hydrogen (secondary N) is 1. The van der Waals surface area contributed by atoms with Gasteiger partial charge < -0.3 is 10.1 Å². The van der Waals surface area contributed by atoms with Crippen LogP contribution in [0.5, 0.6) is 0 Å². The van der Waals surface area contributed by atoms with Crippen molar-refractivity contribution in [1.29, 1.82) is 0 Å². The van der Waals surface area contributed by atoms with Crippen LogP contribution >= 0.6 is 0 Å². The van der Waals surface area contributed by atoms with Crippen molar-refractivity contribution in [2.24, 2.45) is 5.92 Å². The summed E-state index contributed by atoms with van der Waals surface area (Å²) in [6, 6.07) is 0. The summed E-state index contributed by atoms with van der Waals surface area (Å²) in [7, 11) is 1.56. The molecule has 1 heterocycles. The standard InChI is InChI=1S/C12H20N4O4/c1-8(12(17)13-5-6-20-4)7-15-10(3)11(16(18)19)9(2)14-15/h8H,5-7H2,1-4H3,(H,13,17). The van der Waals surface area contributed by atoms with Gasteiger partial charge in [0.2, 0.25) is 5.91 Å². The molecule has 1 aromatic heterocycles. The number of aromatic nitrogens is 2. The fourth-order valence-corrected chi connectivity index (χ4v) is 1.92. The molecule has 8 nitrogen and oxygen atoms in total. The molecule has 112 valence electrons. The molecule has 1 aromatic rings. The Balaban J connectivity index is 2.71. The van der Waals surface area contributed by atoms with E-state index in [2.05, 4.69) is 10.4 Å². The number of nitro groups is 1. The van der Waals surface area contributed by atoms with Crippen LogP contribution in [0.3, 0.4) is 0 Å². The van der Waals surface area contributed by atoms with Gasteiger partial charge in [0.15, 0.2) is 0 Å². The van der Waals surface area contributed by atoms with Crippen LogP contribution in [0, 0.1) is 29.9 Å². The molecular weight excluding hydrogens is 264 g/mol. The number of methoxy groups -OCH3 is 1. The molecule has 20 heavy (non-hydrogen) atoms. The van der Waals surface area contributed by atoms with Crippen LogP contribution in [0.1, 0.15) is 18.3 Å². The third-order valence-electron chi connectivity index (χ3n) is 3.03. The minimum atomic E-state index is -0.447. The molecule has 0 saturated heterocycles. The summed E-state index contributed by atoms with van der Waals surface area (Å²) >= 11 is 0. The molecule has 0 aliphatic heterocycles. The second-order valence-corrected chi connectivity index (χ2v) is 4.64. The van der Waals surface area contributed by atoms with Gasteiger partial charge in [-0.25, -0.2) is 0 Å². The Kier molecular flexibility index (Phi) is 5.63. The molecule has 0 bridgehead atoms. The number of amides is 1. The van der Waals surface area contributed by atoms with Gasteiger partial charge in [0.05, 0.1) is 24.0 Å². The highest BCUT2D eigenvalue weighted by atomic mass is 16.6. The Morgan fingerprint density at radius 2 is 2.20 bits per heavy atom. The van der Waals surface area contributed by atoms with Crippen molar-refractivity contribution in [3.63, 3.8) is 0 Å². The van der Waals surface area contributed by atoms with Crippen molar-refractivity contribution in [3.8, 4) is 0 Å². The fourth-order valence-electron chi connectivity index (χ4n) is 1.92. The molecule has 8 heteroatoms. The molecule has 0 fully saturated rings. The normalized spacial score (nSPS) is 12.2. The van der Waals surface area contributed by atoms with Crippen LogP contribution in [0.15, 0.2) is 0 Å². The van der Waals surface area contributed by atoms with Crippen LogP contribution in [0.2, 0.25) is 0 Å². The van der Waals surface area contributed by atoms with Gasteiger partial charge in [-0.2, -0.15) is 5.10 Å². The first-order chi connectivity index (χ1) is 9.38. The molecule has 1 N–H and O–H groups in total. The van der Waals surface area contributed by atoms with E-state index in [9.17, 15) is 14.9 Å². The van der Waals surface area contributed by atoms with E-state index in [1.165, 1.54) is 4.68 Å². The predicted octanol–water partition coefficient (Wildman–Crippen LogP) is 0.807. The zero-order valence-electron chi connectivity index (χ0n) is 12.2. The van der Waals surface area contributed by atoms with E-state index in [4.69, 9.17) is 4.74 Å². The quantitative estimate of drug-likeness (QED) is 0.453. The number of rotatable bonds is 7. The fraction of sp³-hybridized carbons (Fsp3) is 0.667. The van der Waals surface area contributed by atoms with Crippen molar-refractivity contribution in [2.75, 3.05) is 20.3 Å². The van der Waals surface area contributed by atoms with Gasteiger partial charge in [-0.15, -0.1) is 0 Å². The van der Waals surface area contributed by atoms with E-state index >= 15 is 0 Å². The molecule has 0 aliphatic rings. The minimum Gasteiger partial charge on any atom is -0.383 e.